The number of nitrogens with one attached hydrogen (secondary N) is 2. The first kappa shape index (κ1) is 20.6. The molecule has 7 heteroatoms. The van der Waals surface area contributed by atoms with Gasteiger partial charge in [-0.25, -0.2) is 4.79 Å². The molecule has 0 aromatic heterocycles. The van der Waals surface area contributed by atoms with Gasteiger partial charge in [0.2, 0.25) is 0 Å². The van der Waals surface area contributed by atoms with Gasteiger partial charge in [0, 0.05) is 41.9 Å². The summed E-state index contributed by atoms with van der Waals surface area (Å²) in [6.45, 7) is 5.32. The molecule has 0 unspecified atom stereocenters. The van der Waals surface area contributed by atoms with Crippen molar-refractivity contribution in [1.29, 1.82) is 0 Å². The quantitative estimate of drug-likeness (QED) is 0.637. The second-order valence-electron chi connectivity index (χ2n) is 7.18. The fraction of sp³-hybridized carbons (Fsp3) is 0.579. The van der Waals surface area contributed by atoms with Crippen LogP contribution >= 0.6 is 11.8 Å². The van der Waals surface area contributed by atoms with Crippen molar-refractivity contribution in [3.05, 3.63) is 29.8 Å². The number of hydrogen-bond acceptors (Lipinski definition) is 4. The number of aliphatic carboxylic acids is 1. The minimum Gasteiger partial charge on any atom is -0.481 e. The van der Waals surface area contributed by atoms with Gasteiger partial charge >= 0.3 is 12.0 Å². The van der Waals surface area contributed by atoms with E-state index in [0.717, 1.165) is 37.5 Å². The van der Waals surface area contributed by atoms with Crippen LogP contribution in [0.25, 0.3) is 0 Å². The van der Waals surface area contributed by atoms with E-state index in [4.69, 9.17) is 9.84 Å². The first-order chi connectivity index (χ1) is 12.3. The van der Waals surface area contributed by atoms with Crippen LogP contribution in [0.15, 0.2) is 24.3 Å². The molecule has 0 atom stereocenters. The number of benzene rings is 1. The monoisotopic (exact) mass is 380 g/mol. The molecule has 1 aliphatic heterocycles. The second kappa shape index (κ2) is 9.83. The Hall–Kier alpha value is -1.73. The average molecular weight is 381 g/mol. The van der Waals surface area contributed by atoms with E-state index in [1.165, 1.54) is 5.56 Å². The van der Waals surface area contributed by atoms with Crippen molar-refractivity contribution in [3.8, 4) is 0 Å². The zero-order chi connectivity index (χ0) is 19.0. The molecule has 0 spiro atoms. The van der Waals surface area contributed by atoms with Crippen LogP contribution in [-0.4, -0.2) is 41.1 Å². The lowest BCUT2D eigenvalue weighted by Crippen LogP contribution is -2.45. The summed E-state index contributed by atoms with van der Waals surface area (Å²) in [6.07, 6.45) is 2.58. The molecule has 1 saturated heterocycles. The van der Waals surface area contributed by atoms with E-state index in [0.29, 0.717) is 11.7 Å². The summed E-state index contributed by atoms with van der Waals surface area (Å²) in [4.78, 5) is 22.9. The highest BCUT2D eigenvalue weighted by Gasteiger charge is 2.21. The predicted molar refractivity (Wildman–Crippen MR) is 105 cm³/mol. The first-order valence-corrected chi connectivity index (χ1v) is 9.98. The highest BCUT2D eigenvalue weighted by atomic mass is 32.2. The van der Waals surface area contributed by atoms with Crippen molar-refractivity contribution in [2.75, 3.05) is 18.5 Å². The first-order valence-electron chi connectivity index (χ1n) is 8.93. The van der Waals surface area contributed by atoms with Crippen LogP contribution in [0.2, 0.25) is 0 Å². The number of carboxylic acid groups (broad SMARTS) is 1. The fourth-order valence-electron chi connectivity index (χ4n) is 2.75. The summed E-state index contributed by atoms with van der Waals surface area (Å²) >= 11 is 1.93. The Morgan fingerprint density at radius 1 is 1.31 bits per heavy atom. The van der Waals surface area contributed by atoms with Crippen molar-refractivity contribution >= 4 is 29.4 Å². The van der Waals surface area contributed by atoms with Crippen LogP contribution in [0.3, 0.4) is 0 Å². The third-order valence-electron chi connectivity index (χ3n) is 4.25. The van der Waals surface area contributed by atoms with Gasteiger partial charge in [-0.2, -0.15) is 11.8 Å². The van der Waals surface area contributed by atoms with Crippen molar-refractivity contribution in [2.24, 2.45) is 0 Å². The summed E-state index contributed by atoms with van der Waals surface area (Å²) in [5.74, 6) is 0.0429. The number of hydrogen-bond donors (Lipinski definition) is 3. The molecule has 0 bridgehead atoms. The Balaban J connectivity index is 1.82. The maximum atomic E-state index is 12.2. The maximum Gasteiger partial charge on any atom is 0.319 e. The highest BCUT2D eigenvalue weighted by molar-refractivity contribution is 7.99. The van der Waals surface area contributed by atoms with Gasteiger partial charge in [-0.3, -0.25) is 4.79 Å². The van der Waals surface area contributed by atoms with Gasteiger partial charge in [0.1, 0.15) is 0 Å². The van der Waals surface area contributed by atoms with Gasteiger partial charge in [0.15, 0.2) is 0 Å². The number of carbonyl (C=O) groups is 2. The summed E-state index contributed by atoms with van der Waals surface area (Å²) < 4.78 is 5.38. The molecule has 0 radical (unpaired) electrons. The molecule has 6 nitrogen and oxygen atoms in total. The van der Waals surface area contributed by atoms with Gasteiger partial charge in [-0.15, -0.1) is 0 Å². The molecule has 1 aliphatic rings. The molecule has 1 aromatic rings. The van der Waals surface area contributed by atoms with Crippen LogP contribution in [0.5, 0.6) is 0 Å². The zero-order valence-corrected chi connectivity index (χ0v) is 16.2. The number of thioether (sulfide) groups is 1. The molecular weight excluding hydrogens is 352 g/mol. The normalized spacial score (nSPS) is 15.5. The van der Waals surface area contributed by atoms with E-state index in [1.807, 2.05) is 43.8 Å². The SMILES string of the molecule is CC(C)(CCC(=O)O)NC(=O)Nc1cccc(CSC2CCOCC2)c1. The molecule has 0 saturated carbocycles. The second-order valence-corrected chi connectivity index (χ2v) is 8.47. The van der Waals surface area contributed by atoms with Gasteiger partial charge < -0.3 is 20.5 Å². The lowest BCUT2D eigenvalue weighted by atomic mass is 9.99. The van der Waals surface area contributed by atoms with E-state index in [1.54, 1.807) is 0 Å². The number of carbonyl (C=O) groups excluding carboxylic acids is 1. The average Bonchev–Trinajstić information content (AvgIpc) is 2.59. The van der Waals surface area contributed by atoms with E-state index in [2.05, 4.69) is 16.7 Å². The molecule has 1 heterocycles. The van der Waals surface area contributed by atoms with E-state index < -0.39 is 11.5 Å². The van der Waals surface area contributed by atoms with Crippen molar-refractivity contribution in [3.63, 3.8) is 0 Å². The molecular formula is C19H28N2O4S. The van der Waals surface area contributed by atoms with Crippen LogP contribution in [0, 0.1) is 0 Å². The third kappa shape index (κ3) is 7.66. The number of carboxylic acids is 1. The Labute approximate surface area is 159 Å². The molecule has 1 aromatic carbocycles. The largest absolute Gasteiger partial charge is 0.481 e. The lowest BCUT2D eigenvalue weighted by molar-refractivity contribution is -0.137. The van der Waals surface area contributed by atoms with E-state index in [-0.39, 0.29) is 12.5 Å². The van der Waals surface area contributed by atoms with Crippen molar-refractivity contribution < 1.29 is 19.4 Å². The molecule has 1 fully saturated rings. The third-order valence-corrected chi connectivity index (χ3v) is 5.70. The minimum atomic E-state index is -0.866. The number of rotatable bonds is 8. The zero-order valence-electron chi connectivity index (χ0n) is 15.4. The molecule has 144 valence electrons. The molecule has 26 heavy (non-hydrogen) atoms. The van der Waals surface area contributed by atoms with Gasteiger partial charge in [0.25, 0.3) is 0 Å². The van der Waals surface area contributed by atoms with Crippen LogP contribution < -0.4 is 10.6 Å². The summed E-state index contributed by atoms with van der Waals surface area (Å²) in [7, 11) is 0. The summed E-state index contributed by atoms with van der Waals surface area (Å²) in [5.41, 5.74) is 1.32. The molecule has 0 aliphatic carbocycles. The Bertz CT molecular complexity index is 615. The van der Waals surface area contributed by atoms with Crippen LogP contribution in [0.4, 0.5) is 10.5 Å². The molecule has 2 amide bonds. The topological polar surface area (TPSA) is 87.7 Å². The molecule has 3 N–H and O–H groups in total. The summed E-state index contributed by atoms with van der Waals surface area (Å²) in [5, 5.41) is 15.1. The lowest BCUT2D eigenvalue weighted by Gasteiger charge is -2.25. The number of anilines is 1. The molecule has 2 rings (SSSR count). The minimum absolute atomic E-state index is 0.0200. The number of ether oxygens (including phenoxy) is 1. The van der Waals surface area contributed by atoms with E-state index >= 15 is 0 Å². The van der Waals surface area contributed by atoms with Crippen LogP contribution in [-0.2, 0) is 15.3 Å². The highest BCUT2D eigenvalue weighted by Crippen LogP contribution is 2.26. The standard InChI is InChI=1S/C19H28N2O4S/c1-19(2,9-6-17(22)23)21-18(24)20-15-5-3-4-14(12-15)13-26-16-7-10-25-11-8-16/h3-5,12,16H,6-11,13H2,1-2H3,(H,22,23)(H2,20,21,24). The van der Waals surface area contributed by atoms with Gasteiger partial charge in [-0.1, -0.05) is 12.1 Å². The van der Waals surface area contributed by atoms with Gasteiger partial charge in [0.05, 0.1) is 0 Å². The maximum absolute atomic E-state index is 12.2. The predicted octanol–water partition coefficient (Wildman–Crippen LogP) is 3.86. The van der Waals surface area contributed by atoms with Crippen molar-refractivity contribution in [1.82, 2.24) is 5.32 Å². The number of urea groups is 1. The Morgan fingerprint density at radius 2 is 2.04 bits per heavy atom. The number of amides is 2. The fourth-order valence-corrected chi connectivity index (χ4v) is 3.88. The summed E-state index contributed by atoms with van der Waals surface area (Å²) in [6, 6.07) is 7.51. The smallest absolute Gasteiger partial charge is 0.319 e. The van der Waals surface area contributed by atoms with Crippen LogP contribution in [0.1, 0.15) is 45.1 Å². The van der Waals surface area contributed by atoms with Crippen molar-refractivity contribution in [2.45, 2.75) is 56.1 Å². The van der Waals surface area contributed by atoms with E-state index in [9.17, 15) is 9.59 Å². The Morgan fingerprint density at radius 3 is 2.73 bits per heavy atom. The Kier molecular flexibility index (Phi) is 7.78. The van der Waals surface area contributed by atoms with Gasteiger partial charge in [-0.05, 0) is 50.8 Å².